The van der Waals surface area contributed by atoms with Crippen molar-refractivity contribution < 1.29 is 19.1 Å². The Morgan fingerprint density at radius 3 is 1.51 bits per heavy atom. The van der Waals surface area contributed by atoms with Gasteiger partial charge in [-0.05, 0) is 78.3 Å². The lowest BCUT2D eigenvalue weighted by Crippen LogP contribution is -2.29. The SMILES string of the molecule is CCC/C=C\C/C=C\CCCCCCCC(=O)OC[C@H](CCN(C)C)OC(=O)CCCCCCC/C=C\C/C=C\CCC. The summed E-state index contributed by atoms with van der Waals surface area (Å²) in [5, 5.41) is 0. The summed E-state index contributed by atoms with van der Waals surface area (Å²) >= 11 is 0. The predicted octanol–water partition coefficient (Wildman–Crippen LogP) is 10.5. The maximum absolute atomic E-state index is 12.5. The van der Waals surface area contributed by atoms with E-state index >= 15 is 0 Å². The van der Waals surface area contributed by atoms with Crippen LogP contribution in [0.1, 0.15) is 149 Å². The van der Waals surface area contributed by atoms with Crippen molar-refractivity contribution in [2.75, 3.05) is 27.2 Å². The van der Waals surface area contributed by atoms with Crippen LogP contribution in [0.2, 0.25) is 0 Å². The van der Waals surface area contributed by atoms with Crippen molar-refractivity contribution in [2.45, 2.75) is 155 Å². The van der Waals surface area contributed by atoms with Crippen molar-refractivity contribution in [1.82, 2.24) is 4.90 Å². The second-order valence-corrected chi connectivity index (χ2v) is 11.9. The predicted molar refractivity (Wildman–Crippen MR) is 184 cm³/mol. The fourth-order valence-corrected chi connectivity index (χ4v) is 4.55. The van der Waals surface area contributed by atoms with Crippen LogP contribution < -0.4 is 0 Å². The number of hydrogen-bond acceptors (Lipinski definition) is 5. The first kappa shape index (κ1) is 40.9. The Morgan fingerprint density at radius 2 is 1.02 bits per heavy atom. The smallest absolute Gasteiger partial charge is 0.306 e. The minimum Gasteiger partial charge on any atom is -0.462 e. The summed E-state index contributed by atoms with van der Waals surface area (Å²) in [5.41, 5.74) is 0. The minimum absolute atomic E-state index is 0.153. The lowest BCUT2D eigenvalue weighted by atomic mass is 10.1. The molecule has 0 aromatic rings. The molecule has 0 radical (unpaired) electrons. The number of allylic oxidation sites excluding steroid dienone is 8. The number of rotatable bonds is 30. The fourth-order valence-electron chi connectivity index (χ4n) is 4.55. The standard InChI is InChI=1S/C38H67NO4/c1-5-7-9-11-13-15-17-19-21-23-25-27-29-31-37(40)42-35-36(33-34-39(3)4)43-38(41)32-30-28-26-24-22-20-18-16-14-12-10-8-6-2/h9-12,15-18,36H,5-8,13-14,19-35H2,1-4H3/b11-9-,12-10-,17-15-,18-16-/t36-/m0/s1. The normalized spacial score (nSPS) is 12.9. The van der Waals surface area contributed by atoms with E-state index in [0.717, 1.165) is 70.8 Å². The molecule has 0 spiro atoms. The molecule has 0 saturated carbocycles. The van der Waals surface area contributed by atoms with Gasteiger partial charge in [0.2, 0.25) is 0 Å². The van der Waals surface area contributed by atoms with E-state index in [1.807, 2.05) is 14.1 Å². The Hall–Kier alpha value is -2.14. The van der Waals surface area contributed by atoms with Crippen LogP contribution >= 0.6 is 0 Å². The summed E-state index contributed by atoms with van der Waals surface area (Å²) in [6, 6.07) is 0. The highest BCUT2D eigenvalue weighted by atomic mass is 16.6. The number of esters is 2. The molecule has 0 aliphatic carbocycles. The first-order valence-electron chi connectivity index (χ1n) is 17.6. The van der Waals surface area contributed by atoms with Gasteiger partial charge in [0.15, 0.2) is 0 Å². The summed E-state index contributed by atoms with van der Waals surface area (Å²) in [5.74, 6) is -0.366. The third kappa shape index (κ3) is 32.6. The van der Waals surface area contributed by atoms with Gasteiger partial charge in [0.25, 0.3) is 0 Å². The first-order valence-corrected chi connectivity index (χ1v) is 17.6. The zero-order chi connectivity index (χ0) is 31.6. The summed E-state index contributed by atoms with van der Waals surface area (Å²) < 4.78 is 11.2. The first-order chi connectivity index (χ1) is 21.0. The van der Waals surface area contributed by atoms with Crippen LogP contribution in [0.3, 0.4) is 0 Å². The van der Waals surface area contributed by atoms with E-state index in [4.69, 9.17) is 9.47 Å². The molecule has 43 heavy (non-hydrogen) atoms. The lowest BCUT2D eigenvalue weighted by Gasteiger charge is -2.20. The molecule has 0 saturated heterocycles. The van der Waals surface area contributed by atoms with Gasteiger partial charge in [-0.15, -0.1) is 0 Å². The second-order valence-electron chi connectivity index (χ2n) is 11.9. The van der Waals surface area contributed by atoms with Gasteiger partial charge in [-0.1, -0.05) is 114 Å². The molecule has 0 aliphatic rings. The van der Waals surface area contributed by atoms with Crippen LogP contribution in [0, 0.1) is 0 Å². The van der Waals surface area contributed by atoms with E-state index in [2.05, 4.69) is 67.4 Å². The molecule has 0 rings (SSSR count). The van der Waals surface area contributed by atoms with Crippen LogP contribution in [-0.2, 0) is 19.1 Å². The van der Waals surface area contributed by atoms with E-state index in [1.54, 1.807) is 0 Å². The van der Waals surface area contributed by atoms with Crippen molar-refractivity contribution in [3.63, 3.8) is 0 Å². The summed E-state index contributed by atoms with van der Waals surface area (Å²) in [7, 11) is 3.99. The Balaban J connectivity index is 3.96. The summed E-state index contributed by atoms with van der Waals surface area (Å²) in [6.45, 7) is 5.33. The number of nitrogens with zero attached hydrogens (tertiary/aromatic N) is 1. The van der Waals surface area contributed by atoms with E-state index in [9.17, 15) is 9.59 Å². The molecule has 0 bridgehead atoms. The largest absolute Gasteiger partial charge is 0.462 e. The van der Waals surface area contributed by atoms with Crippen LogP contribution in [0.5, 0.6) is 0 Å². The number of carbonyl (C=O) groups is 2. The molecule has 0 amide bonds. The molecule has 5 heteroatoms. The maximum Gasteiger partial charge on any atom is 0.306 e. The van der Waals surface area contributed by atoms with Crippen molar-refractivity contribution in [3.8, 4) is 0 Å². The number of unbranched alkanes of at least 4 members (excludes halogenated alkanes) is 12. The molecule has 0 heterocycles. The van der Waals surface area contributed by atoms with Crippen LogP contribution in [0.4, 0.5) is 0 Å². The minimum atomic E-state index is -0.377. The summed E-state index contributed by atoms with van der Waals surface area (Å²) in [4.78, 5) is 26.8. The quantitative estimate of drug-likeness (QED) is 0.0466. The third-order valence-electron chi connectivity index (χ3n) is 7.25. The molecule has 0 aromatic heterocycles. The van der Waals surface area contributed by atoms with Gasteiger partial charge in [-0.2, -0.15) is 0 Å². The van der Waals surface area contributed by atoms with Gasteiger partial charge in [0, 0.05) is 25.8 Å². The average Bonchev–Trinajstić information content (AvgIpc) is 2.99. The monoisotopic (exact) mass is 602 g/mol. The van der Waals surface area contributed by atoms with E-state index < -0.39 is 0 Å². The highest BCUT2D eigenvalue weighted by Gasteiger charge is 2.17. The number of hydrogen-bond donors (Lipinski definition) is 0. The van der Waals surface area contributed by atoms with Crippen LogP contribution in [0.25, 0.3) is 0 Å². The van der Waals surface area contributed by atoms with E-state index in [0.29, 0.717) is 19.3 Å². The molecular weight excluding hydrogens is 534 g/mol. The Bertz CT molecular complexity index is 753. The molecular formula is C38H67NO4. The zero-order valence-corrected chi connectivity index (χ0v) is 28.5. The molecule has 0 fully saturated rings. The van der Waals surface area contributed by atoms with Crippen molar-refractivity contribution in [1.29, 1.82) is 0 Å². The maximum atomic E-state index is 12.5. The molecule has 248 valence electrons. The van der Waals surface area contributed by atoms with Gasteiger partial charge in [0.1, 0.15) is 12.7 Å². The Labute approximate surface area is 266 Å². The van der Waals surface area contributed by atoms with Crippen molar-refractivity contribution >= 4 is 11.9 Å². The second kappa shape index (κ2) is 32.8. The van der Waals surface area contributed by atoms with Gasteiger partial charge in [-0.3, -0.25) is 9.59 Å². The molecule has 0 N–H and O–H groups in total. The topological polar surface area (TPSA) is 55.8 Å². The van der Waals surface area contributed by atoms with Gasteiger partial charge in [-0.25, -0.2) is 0 Å². The van der Waals surface area contributed by atoms with E-state index in [-0.39, 0.29) is 24.6 Å². The molecule has 0 aliphatic heterocycles. The molecule has 0 unspecified atom stereocenters. The number of carbonyl (C=O) groups excluding carboxylic acids is 2. The Morgan fingerprint density at radius 1 is 0.581 bits per heavy atom. The highest BCUT2D eigenvalue weighted by Crippen LogP contribution is 2.12. The highest BCUT2D eigenvalue weighted by molar-refractivity contribution is 5.70. The zero-order valence-electron chi connectivity index (χ0n) is 28.5. The third-order valence-corrected chi connectivity index (χ3v) is 7.25. The molecule has 0 aromatic carbocycles. The lowest BCUT2D eigenvalue weighted by molar-refractivity contribution is -0.159. The number of ether oxygens (including phenoxy) is 2. The van der Waals surface area contributed by atoms with Gasteiger partial charge in [0.05, 0.1) is 0 Å². The summed E-state index contributed by atoms with van der Waals surface area (Å²) in [6.07, 6.45) is 39.2. The Kier molecular flexibility index (Phi) is 31.1. The van der Waals surface area contributed by atoms with Crippen molar-refractivity contribution in [3.05, 3.63) is 48.6 Å². The van der Waals surface area contributed by atoms with Crippen LogP contribution in [0.15, 0.2) is 48.6 Å². The van der Waals surface area contributed by atoms with E-state index in [1.165, 1.54) is 51.4 Å². The van der Waals surface area contributed by atoms with Crippen LogP contribution in [-0.4, -0.2) is 50.2 Å². The molecule has 1 atom stereocenters. The fraction of sp³-hybridized carbons (Fsp3) is 0.737. The average molecular weight is 602 g/mol. The molecule has 5 nitrogen and oxygen atoms in total. The van der Waals surface area contributed by atoms with Gasteiger partial charge < -0.3 is 14.4 Å². The van der Waals surface area contributed by atoms with Crippen molar-refractivity contribution in [2.24, 2.45) is 0 Å². The van der Waals surface area contributed by atoms with Gasteiger partial charge >= 0.3 is 11.9 Å².